The number of alkyl halides is 4. The Labute approximate surface area is 108 Å². The lowest BCUT2D eigenvalue weighted by Crippen LogP contribution is -2.24. The molecule has 2 aromatic heterocycles. The Morgan fingerprint density at radius 2 is 2.12 bits per heavy atom. The molecule has 0 bridgehead atoms. The van der Waals surface area contributed by atoms with Gasteiger partial charge in [-0.15, -0.1) is 10.2 Å². The Morgan fingerprint density at radius 1 is 1.35 bits per heavy atom. The summed E-state index contributed by atoms with van der Waals surface area (Å²) in [5.41, 5.74) is 0.619. The first-order valence-electron chi connectivity index (χ1n) is 4.62. The molecular weight excluding hydrogens is 319 g/mol. The molecule has 0 spiro atoms. The van der Waals surface area contributed by atoms with Gasteiger partial charge in [0.25, 0.3) is 0 Å². The minimum Gasteiger partial charge on any atom is -0.277 e. The molecule has 0 radical (unpaired) electrons. The molecule has 0 N–H and O–H groups in total. The zero-order valence-electron chi connectivity index (χ0n) is 8.36. The molecule has 1 unspecified atom stereocenters. The van der Waals surface area contributed by atoms with E-state index in [2.05, 4.69) is 26.1 Å². The van der Waals surface area contributed by atoms with Crippen molar-refractivity contribution in [3.8, 4) is 0 Å². The summed E-state index contributed by atoms with van der Waals surface area (Å²) in [6.07, 6.45) is -2.53. The second kappa shape index (κ2) is 4.85. The van der Waals surface area contributed by atoms with Crippen LogP contribution < -0.4 is 0 Å². The van der Waals surface area contributed by atoms with Gasteiger partial charge in [0, 0.05) is 11.9 Å². The van der Waals surface area contributed by atoms with Gasteiger partial charge >= 0.3 is 6.18 Å². The van der Waals surface area contributed by atoms with Gasteiger partial charge in [-0.25, -0.2) is 0 Å². The number of thioether (sulfide) groups is 1. The van der Waals surface area contributed by atoms with Crippen LogP contribution in [0.15, 0.2) is 29.6 Å². The first-order chi connectivity index (χ1) is 7.98. The Hall–Kier alpha value is -0.760. The summed E-state index contributed by atoms with van der Waals surface area (Å²) in [7, 11) is 0. The van der Waals surface area contributed by atoms with Gasteiger partial charge in [0.2, 0.25) is 0 Å². The molecule has 0 aliphatic rings. The van der Waals surface area contributed by atoms with Crippen LogP contribution >= 0.6 is 27.7 Å². The third kappa shape index (κ3) is 2.92. The highest BCUT2D eigenvalue weighted by molar-refractivity contribution is 9.09. The fourth-order valence-electron chi connectivity index (χ4n) is 1.16. The molecule has 3 nitrogen and oxygen atoms in total. The molecule has 0 amide bonds. The van der Waals surface area contributed by atoms with Crippen molar-refractivity contribution in [3.63, 3.8) is 0 Å². The monoisotopic (exact) mass is 325 g/mol. The second-order valence-corrected chi connectivity index (χ2v) is 5.32. The molecule has 2 rings (SSSR count). The topological polar surface area (TPSA) is 30.2 Å². The SMILES string of the molecule is FC(F)(F)C(Br)CSc1nnc2ccccn12. The van der Waals surface area contributed by atoms with Gasteiger partial charge in [-0.05, 0) is 12.1 Å². The fraction of sp³-hybridized carbons (Fsp3) is 0.333. The lowest BCUT2D eigenvalue weighted by Gasteiger charge is -2.12. The van der Waals surface area contributed by atoms with Gasteiger partial charge in [0.1, 0.15) is 4.83 Å². The quantitative estimate of drug-likeness (QED) is 0.641. The molecular formula is C9H7BrF3N3S. The van der Waals surface area contributed by atoms with E-state index in [-0.39, 0.29) is 5.75 Å². The Kier molecular flexibility index (Phi) is 3.62. The summed E-state index contributed by atoms with van der Waals surface area (Å²) in [5.74, 6) is -0.140. The summed E-state index contributed by atoms with van der Waals surface area (Å²) in [6, 6.07) is 5.31. The molecule has 17 heavy (non-hydrogen) atoms. The van der Waals surface area contributed by atoms with Crippen molar-refractivity contribution in [2.45, 2.75) is 16.2 Å². The third-order valence-electron chi connectivity index (χ3n) is 2.00. The van der Waals surface area contributed by atoms with Crippen LogP contribution in [0.25, 0.3) is 5.65 Å². The molecule has 2 heterocycles. The van der Waals surface area contributed by atoms with E-state index in [0.717, 1.165) is 11.8 Å². The maximum Gasteiger partial charge on any atom is 0.402 e. The number of pyridine rings is 1. The van der Waals surface area contributed by atoms with Crippen LogP contribution in [0.2, 0.25) is 0 Å². The van der Waals surface area contributed by atoms with Crippen LogP contribution in [0.4, 0.5) is 13.2 Å². The summed E-state index contributed by atoms with van der Waals surface area (Å²) >= 11 is 3.62. The minimum atomic E-state index is -4.24. The van der Waals surface area contributed by atoms with Crippen LogP contribution in [0.5, 0.6) is 0 Å². The van der Waals surface area contributed by atoms with Gasteiger partial charge < -0.3 is 0 Å². The average molecular weight is 326 g/mol. The lowest BCUT2D eigenvalue weighted by atomic mass is 10.5. The van der Waals surface area contributed by atoms with Gasteiger partial charge in [0.15, 0.2) is 10.8 Å². The Morgan fingerprint density at radius 3 is 2.82 bits per heavy atom. The number of nitrogens with zero attached hydrogens (tertiary/aromatic N) is 3. The smallest absolute Gasteiger partial charge is 0.277 e. The van der Waals surface area contributed by atoms with Crippen molar-refractivity contribution in [1.29, 1.82) is 0 Å². The summed E-state index contributed by atoms with van der Waals surface area (Å²) in [4.78, 5) is -1.55. The van der Waals surface area contributed by atoms with E-state index in [1.807, 2.05) is 0 Å². The van der Waals surface area contributed by atoms with Crippen LogP contribution in [0.3, 0.4) is 0 Å². The van der Waals surface area contributed by atoms with E-state index in [9.17, 15) is 13.2 Å². The highest BCUT2D eigenvalue weighted by atomic mass is 79.9. The Balaban J connectivity index is 2.09. The third-order valence-corrected chi connectivity index (χ3v) is 4.30. The number of hydrogen-bond donors (Lipinski definition) is 0. The minimum absolute atomic E-state index is 0.140. The van der Waals surface area contributed by atoms with Crippen molar-refractivity contribution >= 4 is 33.3 Å². The van der Waals surface area contributed by atoms with Crippen LogP contribution in [0.1, 0.15) is 0 Å². The molecule has 0 saturated carbocycles. The number of rotatable bonds is 3. The molecule has 0 aliphatic heterocycles. The molecule has 0 fully saturated rings. The summed E-state index contributed by atoms with van der Waals surface area (Å²) < 4.78 is 38.5. The van der Waals surface area contributed by atoms with Crippen molar-refractivity contribution in [2.24, 2.45) is 0 Å². The highest BCUT2D eigenvalue weighted by Gasteiger charge is 2.37. The van der Waals surface area contributed by atoms with E-state index in [1.165, 1.54) is 0 Å². The molecule has 92 valence electrons. The van der Waals surface area contributed by atoms with Crippen LogP contribution in [-0.2, 0) is 0 Å². The van der Waals surface area contributed by atoms with Gasteiger partial charge in [0.05, 0.1) is 0 Å². The molecule has 2 aromatic rings. The standard InChI is InChI=1S/C9H7BrF3N3S/c10-6(9(11,12)13)5-17-8-15-14-7-3-1-2-4-16(7)8/h1-4,6H,5H2. The van der Waals surface area contributed by atoms with Crippen LogP contribution in [-0.4, -0.2) is 31.4 Å². The van der Waals surface area contributed by atoms with Crippen molar-refractivity contribution < 1.29 is 13.2 Å². The zero-order valence-corrected chi connectivity index (χ0v) is 10.8. The van der Waals surface area contributed by atoms with Crippen molar-refractivity contribution in [1.82, 2.24) is 14.6 Å². The van der Waals surface area contributed by atoms with E-state index >= 15 is 0 Å². The molecule has 1 atom stereocenters. The van der Waals surface area contributed by atoms with Gasteiger partial charge in [-0.2, -0.15) is 13.2 Å². The Bertz CT molecular complexity index is 513. The lowest BCUT2D eigenvalue weighted by molar-refractivity contribution is -0.122. The number of aromatic nitrogens is 3. The average Bonchev–Trinajstić information content (AvgIpc) is 2.68. The van der Waals surface area contributed by atoms with Crippen molar-refractivity contribution in [3.05, 3.63) is 24.4 Å². The summed E-state index contributed by atoms with van der Waals surface area (Å²) in [6.45, 7) is 0. The second-order valence-electron chi connectivity index (χ2n) is 3.23. The molecule has 0 aromatic carbocycles. The van der Waals surface area contributed by atoms with E-state index in [4.69, 9.17) is 0 Å². The van der Waals surface area contributed by atoms with Crippen LogP contribution in [0, 0.1) is 0 Å². The highest BCUT2D eigenvalue weighted by Crippen LogP contribution is 2.31. The van der Waals surface area contributed by atoms with E-state index < -0.39 is 11.0 Å². The fourth-order valence-corrected chi connectivity index (χ4v) is 2.43. The predicted molar refractivity (Wildman–Crippen MR) is 62.5 cm³/mol. The maximum atomic E-state index is 12.3. The van der Waals surface area contributed by atoms with Gasteiger partial charge in [-0.1, -0.05) is 33.8 Å². The largest absolute Gasteiger partial charge is 0.402 e. The number of fused-ring (bicyclic) bond motifs is 1. The first-order valence-corrected chi connectivity index (χ1v) is 6.52. The first kappa shape index (κ1) is 12.7. The predicted octanol–water partition coefficient (Wildman–Crippen LogP) is 3.15. The van der Waals surface area contributed by atoms with Gasteiger partial charge in [-0.3, -0.25) is 4.40 Å². The van der Waals surface area contributed by atoms with E-state index in [0.29, 0.717) is 10.8 Å². The normalized spacial score (nSPS) is 14.1. The number of hydrogen-bond acceptors (Lipinski definition) is 3. The molecule has 8 heteroatoms. The maximum absolute atomic E-state index is 12.3. The molecule has 0 saturated heterocycles. The van der Waals surface area contributed by atoms with Crippen molar-refractivity contribution in [2.75, 3.05) is 5.75 Å². The van der Waals surface area contributed by atoms with E-state index in [1.54, 1.807) is 28.8 Å². The molecule has 0 aliphatic carbocycles. The number of halogens is 4. The zero-order chi connectivity index (χ0) is 12.5. The summed E-state index contributed by atoms with van der Waals surface area (Å²) in [5, 5.41) is 8.14.